The van der Waals surface area contributed by atoms with Crippen molar-refractivity contribution in [3.05, 3.63) is 34.7 Å². The molecule has 2 heterocycles. The molecule has 0 bridgehead atoms. The van der Waals surface area contributed by atoms with Crippen LogP contribution in [0, 0.1) is 0 Å². The average molecular weight is 340 g/mol. The minimum atomic E-state index is -0.833. The van der Waals surface area contributed by atoms with Crippen LogP contribution >= 0.6 is 39.1 Å². The second-order valence-corrected chi connectivity index (χ2v) is 4.88. The van der Waals surface area contributed by atoms with Crippen molar-refractivity contribution in [1.82, 2.24) is 9.38 Å². The predicted molar refractivity (Wildman–Crippen MR) is 70.6 cm³/mol. The van der Waals surface area contributed by atoms with Gasteiger partial charge in [0, 0.05) is 13.1 Å². The van der Waals surface area contributed by atoms with Crippen molar-refractivity contribution in [1.29, 1.82) is 0 Å². The van der Waals surface area contributed by atoms with Crippen molar-refractivity contribution < 1.29 is 9.90 Å². The number of halogens is 3. The van der Waals surface area contributed by atoms with E-state index in [0.717, 1.165) is 17.2 Å². The van der Waals surface area contributed by atoms with Gasteiger partial charge in [-0.1, -0.05) is 29.3 Å². The maximum Gasteiger partial charge on any atom is 0.300 e. The lowest BCUT2D eigenvalue weighted by Crippen LogP contribution is -1.83. The number of hydrogen-bond acceptors (Lipinski definition) is 2. The van der Waals surface area contributed by atoms with Crippen molar-refractivity contribution in [3.63, 3.8) is 0 Å². The molecule has 2 aromatic heterocycles. The minimum absolute atomic E-state index is 0.603. The fourth-order valence-corrected chi connectivity index (χ4v) is 2.31. The Labute approximate surface area is 116 Å². The molecular weight excluding hydrogens is 331 g/mol. The molecule has 0 aliphatic rings. The summed E-state index contributed by atoms with van der Waals surface area (Å²) in [5, 5.41) is 7.42. The van der Waals surface area contributed by atoms with Crippen molar-refractivity contribution in [2.24, 2.45) is 0 Å². The van der Waals surface area contributed by atoms with Crippen molar-refractivity contribution in [2.75, 3.05) is 0 Å². The van der Waals surface area contributed by atoms with E-state index >= 15 is 0 Å². The molecule has 0 aromatic carbocycles. The fourth-order valence-electron chi connectivity index (χ4n) is 1.12. The summed E-state index contributed by atoms with van der Waals surface area (Å²) in [6.45, 7) is 1.08. The Bertz CT molecular complexity index is 524. The zero-order chi connectivity index (χ0) is 13.0. The molecule has 0 unspecified atom stereocenters. The van der Waals surface area contributed by atoms with E-state index in [2.05, 4.69) is 20.9 Å². The van der Waals surface area contributed by atoms with Crippen molar-refractivity contribution >= 4 is 50.7 Å². The second-order valence-electron chi connectivity index (χ2n) is 3.04. The Morgan fingerprint density at radius 2 is 2.12 bits per heavy atom. The van der Waals surface area contributed by atoms with Gasteiger partial charge in [0.15, 0.2) is 4.84 Å². The van der Waals surface area contributed by atoms with Gasteiger partial charge in [0.25, 0.3) is 5.97 Å². The Balaban J connectivity index is 0.000000317. The summed E-state index contributed by atoms with van der Waals surface area (Å²) < 4.78 is 2.69. The van der Waals surface area contributed by atoms with Gasteiger partial charge in [0.05, 0.1) is 0 Å². The molecule has 1 N–H and O–H groups in total. The Kier molecular flexibility index (Phi) is 5.24. The first kappa shape index (κ1) is 14.3. The summed E-state index contributed by atoms with van der Waals surface area (Å²) in [5.74, 6) is -0.833. The number of aromatic nitrogens is 2. The number of aliphatic carboxylic acids is 1. The fraction of sp³-hybridized carbons (Fsp3) is 0.200. The van der Waals surface area contributed by atoms with E-state index < -0.39 is 10.8 Å². The number of carboxylic acids is 1. The van der Waals surface area contributed by atoms with Gasteiger partial charge >= 0.3 is 0 Å². The van der Waals surface area contributed by atoms with E-state index in [-0.39, 0.29) is 0 Å². The molecule has 2 aromatic rings. The Morgan fingerprint density at radius 3 is 2.59 bits per heavy atom. The molecule has 0 aliphatic carbocycles. The van der Waals surface area contributed by atoms with E-state index in [0.29, 0.717) is 5.69 Å². The van der Waals surface area contributed by atoms with Crippen LogP contribution in [0.3, 0.4) is 0 Å². The number of carbonyl (C=O) groups is 1. The van der Waals surface area contributed by atoms with E-state index in [1.54, 1.807) is 0 Å². The third-order valence-corrected chi connectivity index (χ3v) is 2.90. The molecular formula is C10H9BrCl2N2O2. The van der Waals surface area contributed by atoms with Gasteiger partial charge in [-0.2, -0.15) is 0 Å². The molecule has 0 fully saturated rings. The van der Waals surface area contributed by atoms with Gasteiger partial charge in [-0.25, -0.2) is 4.98 Å². The maximum atomic E-state index is 9.00. The van der Waals surface area contributed by atoms with Crippen LogP contribution in [-0.4, -0.2) is 20.5 Å². The summed E-state index contributed by atoms with van der Waals surface area (Å²) in [4.78, 5) is 12.7. The van der Waals surface area contributed by atoms with Crippen LogP contribution in [-0.2, 0) is 4.79 Å². The maximum absolute atomic E-state index is 9.00. The van der Waals surface area contributed by atoms with Crippen molar-refractivity contribution in [3.8, 4) is 0 Å². The number of rotatable bonds is 1. The average Bonchev–Trinajstić information content (AvgIpc) is 2.56. The molecule has 0 atom stereocenters. The number of hydrogen-bond donors (Lipinski definition) is 1. The highest BCUT2D eigenvalue weighted by Gasteiger charge is 2.14. The molecule has 17 heavy (non-hydrogen) atoms. The molecule has 0 radical (unpaired) electrons. The van der Waals surface area contributed by atoms with Crippen LogP contribution in [0.1, 0.15) is 17.5 Å². The van der Waals surface area contributed by atoms with Gasteiger partial charge in [-0.15, -0.1) is 0 Å². The zero-order valence-corrected chi connectivity index (χ0v) is 11.9. The summed E-state index contributed by atoms with van der Waals surface area (Å²) in [6, 6.07) is 5.72. The van der Waals surface area contributed by atoms with Crippen LogP contribution in [0.4, 0.5) is 0 Å². The Morgan fingerprint density at radius 1 is 1.53 bits per heavy atom. The SMILES string of the molecule is CC(=O)O.ClC(Cl)c1nc2ccccn2c1Br. The number of imidazole rings is 1. The lowest BCUT2D eigenvalue weighted by atomic mass is 10.5. The van der Waals surface area contributed by atoms with Crippen LogP contribution in [0.2, 0.25) is 0 Å². The van der Waals surface area contributed by atoms with E-state index in [1.165, 1.54) is 0 Å². The van der Waals surface area contributed by atoms with Crippen molar-refractivity contribution in [2.45, 2.75) is 11.8 Å². The second kappa shape index (κ2) is 6.23. The largest absolute Gasteiger partial charge is 0.481 e. The molecule has 2 rings (SSSR count). The summed E-state index contributed by atoms with van der Waals surface area (Å²) in [6.07, 6.45) is 1.89. The summed E-state index contributed by atoms with van der Waals surface area (Å²) >= 11 is 14.9. The van der Waals surface area contributed by atoms with Gasteiger partial charge in [-0.05, 0) is 28.1 Å². The van der Waals surface area contributed by atoms with E-state index in [4.69, 9.17) is 33.1 Å². The van der Waals surface area contributed by atoms with E-state index in [9.17, 15) is 0 Å². The molecule has 0 saturated carbocycles. The minimum Gasteiger partial charge on any atom is -0.481 e. The molecule has 0 spiro atoms. The number of nitrogens with zero attached hydrogens (tertiary/aromatic N) is 2. The highest BCUT2D eigenvalue weighted by atomic mass is 79.9. The van der Waals surface area contributed by atoms with Crippen LogP contribution in [0.15, 0.2) is 29.0 Å². The lowest BCUT2D eigenvalue weighted by molar-refractivity contribution is -0.134. The molecule has 0 aliphatic heterocycles. The number of alkyl halides is 2. The van der Waals surface area contributed by atoms with Crippen LogP contribution in [0.25, 0.3) is 5.65 Å². The summed E-state index contributed by atoms with van der Waals surface area (Å²) in [7, 11) is 0. The first-order chi connectivity index (χ1) is 7.93. The molecule has 7 heteroatoms. The first-order valence-corrected chi connectivity index (χ1v) is 6.20. The zero-order valence-electron chi connectivity index (χ0n) is 8.77. The quantitative estimate of drug-likeness (QED) is 0.806. The predicted octanol–water partition coefficient (Wildman–Crippen LogP) is 3.66. The normalized spacial score (nSPS) is 10.2. The lowest BCUT2D eigenvalue weighted by Gasteiger charge is -1.95. The topological polar surface area (TPSA) is 54.6 Å². The number of carboxylic acid groups (broad SMARTS) is 1. The number of fused-ring (bicyclic) bond motifs is 1. The smallest absolute Gasteiger partial charge is 0.300 e. The van der Waals surface area contributed by atoms with E-state index in [1.807, 2.05) is 28.8 Å². The third kappa shape index (κ3) is 3.87. The molecule has 0 saturated heterocycles. The monoisotopic (exact) mass is 338 g/mol. The van der Waals surface area contributed by atoms with Gasteiger partial charge < -0.3 is 5.11 Å². The number of pyridine rings is 1. The molecule has 4 nitrogen and oxygen atoms in total. The Hall–Kier alpha value is -0.780. The van der Waals surface area contributed by atoms with Gasteiger partial charge in [0.2, 0.25) is 0 Å². The van der Waals surface area contributed by atoms with Gasteiger partial charge in [0.1, 0.15) is 15.9 Å². The van der Waals surface area contributed by atoms with Gasteiger partial charge in [-0.3, -0.25) is 9.20 Å². The molecule has 0 amide bonds. The third-order valence-electron chi connectivity index (χ3n) is 1.70. The standard InChI is InChI=1S/C8H5BrCl2N2.C2H4O2/c9-7-6(8(10)11)12-5-3-1-2-4-13(5)7;1-2(3)4/h1-4,8H;1H3,(H,3,4). The highest BCUT2D eigenvalue weighted by Crippen LogP contribution is 2.30. The van der Waals surface area contributed by atoms with Crippen LogP contribution in [0.5, 0.6) is 0 Å². The highest BCUT2D eigenvalue weighted by molar-refractivity contribution is 9.10. The van der Waals surface area contributed by atoms with Crippen LogP contribution < -0.4 is 0 Å². The first-order valence-electron chi connectivity index (χ1n) is 4.53. The molecule has 92 valence electrons. The summed E-state index contributed by atoms with van der Waals surface area (Å²) in [5.41, 5.74) is 1.48.